The Morgan fingerprint density at radius 2 is 1.66 bits per heavy atom. The average molecular weight is 431 g/mol. The molecule has 0 saturated carbocycles. The molecule has 6 nitrogen and oxygen atoms in total. The first-order chi connectivity index (χ1) is 15.4. The Labute approximate surface area is 187 Å². The van der Waals surface area contributed by atoms with Crippen LogP contribution in [0.25, 0.3) is 16.5 Å². The Morgan fingerprint density at radius 1 is 0.969 bits per heavy atom. The van der Waals surface area contributed by atoms with Gasteiger partial charge in [0.2, 0.25) is 0 Å². The second-order valence-electron chi connectivity index (χ2n) is 8.27. The topological polar surface area (TPSA) is 81.1 Å². The number of aliphatic hydroxyl groups is 1. The molecule has 1 unspecified atom stereocenters. The largest absolute Gasteiger partial charge is 0.508 e. The normalized spacial score (nSPS) is 18.1. The lowest BCUT2D eigenvalue weighted by atomic mass is 9.93. The van der Waals surface area contributed by atoms with Crippen LogP contribution in [0.1, 0.15) is 23.6 Å². The summed E-state index contributed by atoms with van der Waals surface area (Å²) < 4.78 is 0. The zero-order chi connectivity index (χ0) is 22.8. The van der Waals surface area contributed by atoms with Crippen LogP contribution in [-0.2, 0) is 9.59 Å². The van der Waals surface area contributed by atoms with Crippen LogP contribution in [0.15, 0.2) is 72.3 Å². The van der Waals surface area contributed by atoms with Crippen LogP contribution in [0.4, 0.5) is 0 Å². The number of hydrogen-bond acceptors (Lipinski definition) is 5. The molecule has 1 saturated heterocycles. The summed E-state index contributed by atoms with van der Waals surface area (Å²) in [5.74, 6) is -1.41. The third-order valence-electron chi connectivity index (χ3n) is 5.80. The summed E-state index contributed by atoms with van der Waals surface area (Å²) >= 11 is 0. The van der Waals surface area contributed by atoms with Crippen molar-refractivity contribution in [2.24, 2.45) is 0 Å². The molecule has 1 aliphatic rings. The summed E-state index contributed by atoms with van der Waals surface area (Å²) in [7, 11) is 3.90. The Morgan fingerprint density at radius 3 is 2.38 bits per heavy atom. The van der Waals surface area contributed by atoms with Gasteiger partial charge in [-0.2, -0.15) is 0 Å². The number of carbonyl (C=O) groups excluding carboxylic acids is 2. The van der Waals surface area contributed by atoms with Crippen molar-refractivity contribution < 1.29 is 19.8 Å². The van der Waals surface area contributed by atoms with E-state index in [2.05, 4.69) is 0 Å². The summed E-state index contributed by atoms with van der Waals surface area (Å²) in [4.78, 5) is 29.7. The molecule has 0 aromatic heterocycles. The van der Waals surface area contributed by atoms with Gasteiger partial charge in [0.15, 0.2) is 0 Å². The quantitative estimate of drug-likeness (QED) is 0.352. The van der Waals surface area contributed by atoms with Crippen molar-refractivity contribution in [3.8, 4) is 5.75 Å². The van der Waals surface area contributed by atoms with E-state index in [1.165, 1.54) is 17.0 Å². The zero-order valence-corrected chi connectivity index (χ0v) is 18.2. The Balaban J connectivity index is 1.86. The molecule has 0 radical (unpaired) electrons. The van der Waals surface area contributed by atoms with E-state index in [-0.39, 0.29) is 17.1 Å². The first kappa shape index (κ1) is 21.6. The van der Waals surface area contributed by atoms with Gasteiger partial charge in [-0.1, -0.05) is 54.6 Å². The number of phenolic OH excluding ortho intramolecular Hbond substituents is 1. The molecular weight excluding hydrogens is 404 g/mol. The number of aromatic hydroxyl groups is 1. The van der Waals surface area contributed by atoms with Gasteiger partial charge in [-0.05, 0) is 55.5 Å². The third kappa shape index (κ3) is 3.97. The monoisotopic (exact) mass is 430 g/mol. The standard InChI is InChI=1S/C26H26N2O4/c1-27(2)15-6-16-28-23(18-11-13-19(29)14-12-18)22(25(31)26(28)32)24(30)21-10-5-8-17-7-3-4-9-20(17)21/h3-5,7-14,23,29-30H,6,15-16H2,1-2H3/b24-22-. The minimum absolute atomic E-state index is 0.0712. The molecule has 1 atom stereocenters. The first-order valence-corrected chi connectivity index (χ1v) is 10.6. The molecule has 2 N–H and O–H groups in total. The van der Waals surface area contributed by atoms with E-state index >= 15 is 0 Å². The number of rotatable bonds is 6. The first-order valence-electron chi connectivity index (χ1n) is 10.6. The number of ketones is 1. The van der Waals surface area contributed by atoms with Crippen molar-refractivity contribution in [2.75, 3.05) is 27.2 Å². The van der Waals surface area contributed by atoms with Crippen LogP contribution in [0, 0.1) is 0 Å². The second kappa shape index (κ2) is 8.85. The number of amides is 1. The minimum Gasteiger partial charge on any atom is -0.508 e. The summed E-state index contributed by atoms with van der Waals surface area (Å²) in [6, 6.07) is 18.8. The number of phenols is 1. The smallest absolute Gasteiger partial charge is 0.295 e. The van der Waals surface area contributed by atoms with Gasteiger partial charge in [0.1, 0.15) is 11.5 Å². The van der Waals surface area contributed by atoms with Gasteiger partial charge in [0.05, 0.1) is 11.6 Å². The molecule has 0 bridgehead atoms. The highest BCUT2D eigenvalue weighted by Crippen LogP contribution is 2.40. The predicted molar refractivity (Wildman–Crippen MR) is 124 cm³/mol. The zero-order valence-electron chi connectivity index (χ0n) is 18.2. The van der Waals surface area contributed by atoms with Crippen molar-refractivity contribution in [3.05, 3.63) is 83.4 Å². The molecule has 4 rings (SSSR count). The summed E-state index contributed by atoms with van der Waals surface area (Å²) in [5.41, 5.74) is 1.24. The third-order valence-corrected chi connectivity index (χ3v) is 5.80. The van der Waals surface area contributed by atoms with E-state index in [4.69, 9.17) is 0 Å². The minimum atomic E-state index is -0.725. The van der Waals surface area contributed by atoms with Crippen molar-refractivity contribution in [1.82, 2.24) is 9.80 Å². The van der Waals surface area contributed by atoms with E-state index in [0.29, 0.717) is 24.1 Å². The number of Topliss-reactive ketones (excluding diaryl/α,β-unsaturated/α-hetero) is 1. The van der Waals surface area contributed by atoms with Gasteiger partial charge < -0.3 is 20.0 Å². The molecule has 32 heavy (non-hydrogen) atoms. The predicted octanol–water partition coefficient (Wildman–Crippen LogP) is 3.92. The fourth-order valence-corrected chi connectivity index (χ4v) is 4.25. The molecule has 1 amide bonds. The van der Waals surface area contributed by atoms with E-state index in [1.54, 1.807) is 18.2 Å². The highest BCUT2D eigenvalue weighted by atomic mass is 16.3. The lowest BCUT2D eigenvalue weighted by molar-refractivity contribution is -0.139. The maximum Gasteiger partial charge on any atom is 0.295 e. The number of carbonyl (C=O) groups is 2. The van der Waals surface area contributed by atoms with Crippen molar-refractivity contribution in [3.63, 3.8) is 0 Å². The molecule has 164 valence electrons. The van der Waals surface area contributed by atoms with Crippen molar-refractivity contribution in [2.45, 2.75) is 12.5 Å². The maximum atomic E-state index is 13.1. The Bertz CT molecular complexity index is 1190. The van der Waals surface area contributed by atoms with Crippen LogP contribution < -0.4 is 0 Å². The highest BCUT2D eigenvalue weighted by Gasteiger charge is 2.45. The molecule has 0 aliphatic carbocycles. The molecule has 1 aliphatic heterocycles. The molecule has 6 heteroatoms. The number of aliphatic hydroxyl groups excluding tert-OH is 1. The van der Waals surface area contributed by atoms with E-state index in [1.807, 2.05) is 55.4 Å². The molecular formula is C26H26N2O4. The lowest BCUT2D eigenvalue weighted by Crippen LogP contribution is -2.32. The molecule has 1 heterocycles. The van der Waals surface area contributed by atoms with Gasteiger partial charge in [-0.15, -0.1) is 0 Å². The van der Waals surface area contributed by atoms with E-state index in [0.717, 1.165) is 17.3 Å². The van der Waals surface area contributed by atoms with E-state index in [9.17, 15) is 19.8 Å². The Hall–Kier alpha value is -3.64. The summed E-state index contributed by atoms with van der Waals surface area (Å²) in [5, 5.41) is 22.8. The Kier molecular flexibility index (Phi) is 5.97. The highest BCUT2D eigenvalue weighted by molar-refractivity contribution is 6.46. The average Bonchev–Trinajstić information content (AvgIpc) is 3.03. The van der Waals surface area contributed by atoms with Crippen LogP contribution in [-0.4, -0.2) is 58.9 Å². The second-order valence-corrected chi connectivity index (χ2v) is 8.27. The number of benzene rings is 3. The van der Waals surface area contributed by atoms with Gasteiger partial charge >= 0.3 is 0 Å². The van der Waals surface area contributed by atoms with Crippen LogP contribution in [0.3, 0.4) is 0 Å². The van der Waals surface area contributed by atoms with Gasteiger partial charge in [0, 0.05) is 12.1 Å². The van der Waals surface area contributed by atoms with Crippen LogP contribution in [0.5, 0.6) is 5.75 Å². The fraction of sp³-hybridized carbons (Fsp3) is 0.231. The molecule has 0 spiro atoms. The van der Waals surface area contributed by atoms with Gasteiger partial charge in [-0.25, -0.2) is 0 Å². The molecule has 3 aromatic carbocycles. The lowest BCUT2D eigenvalue weighted by Gasteiger charge is -2.26. The number of likely N-dealkylation sites (tertiary alicyclic amines) is 1. The van der Waals surface area contributed by atoms with Gasteiger partial charge in [-0.3, -0.25) is 9.59 Å². The van der Waals surface area contributed by atoms with Gasteiger partial charge in [0.25, 0.3) is 11.7 Å². The molecule has 3 aromatic rings. The molecule has 1 fully saturated rings. The maximum absolute atomic E-state index is 13.1. The van der Waals surface area contributed by atoms with Crippen molar-refractivity contribution in [1.29, 1.82) is 0 Å². The fourth-order valence-electron chi connectivity index (χ4n) is 4.25. The van der Waals surface area contributed by atoms with E-state index < -0.39 is 17.7 Å². The number of nitrogens with zero attached hydrogens (tertiary/aromatic N) is 2. The summed E-state index contributed by atoms with van der Waals surface area (Å²) in [6.45, 7) is 1.13. The van der Waals surface area contributed by atoms with Crippen LogP contribution >= 0.6 is 0 Å². The number of fused-ring (bicyclic) bond motifs is 1. The number of hydrogen-bond donors (Lipinski definition) is 2. The summed E-state index contributed by atoms with van der Waals surface area (Å²) in [6.07, 6.45) is 0.683. The SMILES string of the molecule is CN(C)CCCN1C(=O)C(=O)/C(=C(\O)c2cccc3ccccc23)C1c1ccc(O)cc1. The van der Waals surface area contributed by atoms with Crippen molar-refractivity contribution >= 4 is 28.2 Å². The van der Waals surface area contributed by atoms with Crippen LogP contribution in [0.2, 0.25) is 0 Å².